The van der Waals surface area contributed by atoms with Crippen molar-refractivity contribution in [1.82, 2.24) is 4.90 Å². The fourth-order valence-corrected chi connectivity index (χ4v) is 3.94. The monoisotopic (exact) mass is 279 g/mol. The zero-order valence-electron chi connectivity index (χ0n) is 13.8. The van der Waals surface area contributed by atoms with E-state index in [-0.39, 0.29) is 0 Å². The van der Waals surface area contributed by atoms with Crippen molar-refractivity contribution in [2.75, 3.05) is 19.6 Å². The maximum atomic E-state index is 12.2. The van der Waals surface area contributed by atoms with Crippen LogP contribution < -0.4 is 0 Å². The lowest BCUT2D eigenvalue weighted by molar-refractivity contribution is -0.123. The van der Waals surface area contributed by atoms with E-state index < -0.39 is 0 Å². The standard InChI is InChI=1S/C18H33NO/c1-18(2,3)16-9-7-12-19(13-11-16)14-15-8-5-4-6-10-17(15)20/h15-16H,4-14H2,1-3H3. The van der Waals surface area contributed by atoms with Crippen LogP contribution in [0.15, 0.2) is 0 Å². The molecule has 0 aromatic carbocycles. The molecule has 20 heavy (non-hydrogen) atoms. The first kappa shape index (κ1) is 16.0. The normalized spacial score (nSPS) is 30.9. The van der Waals surface area contributed by atoms with Gasteiger partial charge >= 0.3 is 0 Å². The summed E-state index contributed by atoms with van der Waals surface area (Å²) in [5, 5.41) is 0. The van der Waals surface area contributed by atoms with Gasteiger partial charge in [0.2, 0.25) is 0 Å². The van der Waals surface area contributed by atoms with Crippen molar-refractivity contribution in [3.63, 3.8) is 0 Å². The smallest absolute Gasteiger partial charge is 0.137 e. The van der Waals surface area contributed by atoms with Crippen molar-refractivity contribution < 1.29 is 4.79 Å². The summed E-state index contributed by atoms with van der Waals surface area (Å²) in [7, 11) is 0. The van der Waals surface area contributed by atoms with Crippen molar-refractivity contribution in [2.24, 2.45) is 17.3 Å². The van der Waals surface area contributed by atoms with Crippen LogP contribution in [0, 0.1) is 17.3 Å². The molecule has 1 saturated carbocycles. The number of Topliss-reactive ketones (excluding diaryl/α,β-unsaturated/α-hetero) is 1. The maximum absolute atomic E-state index is 12.2. The van der Waals surface area contributed by atoms with Gasteiger partial charge in [-0.2, -0.15) is 0 Å². The van der Waals surface area contributed by atoms with Crippen LogP contribution in [0.3, 0.4) is 0 Å². The third-order valence-corrected chi connectivity index (χ3v) is 5.46. The molecule has 116 valence electrons. The molecule has 1 heterocycles. The molecular formula is C18H33NO. The number of hydrogen-bond acceptors (Lipinski definition) is 2. The molecule has 0 radical (unpaired) electrons. The Morgan fingerprint density at radius 1 is 1.00 bits per heavy atom. The summed E-state index contributed by atoms with van der Waals surface area (Å²) in [6.07, 6.45) is 9.59. The number of carbonyl (C=O) groups excluding carboxylic acids is 1. The average molecular weight is 279 g/mol. The highest BCUT2D eigenvalue weighted by molar-refractivity contribution is 5.81. The number of likely N-dealkylation sites (tertiary alicyclic amines) is 1. The first-order valence-corrected chi connectivity index (χ1v) is 8.72. The van der Waals surface area contributed by atoms with Crippen molar-refractivity contribution in [1.29, 1.82) is 0 Å². The second kappa shape index (κ2) is 7.06. The molecule has 0 aromatic rings. The second-order valence-electron chi connectivity index (χ2n) is 8.06. The van der Waals surface area contributed by atoms with Gasteiger partial charge < -0.3 is 4.90 Å². The number of ketones is 1. The van der Waals surface area contributed by atoms with Gasteiger partial charge in [-0.3, -0.25) is 4.79 Å². The number of carbonyl (C=O) groups is 1. The fraction of sp³-hybridized carbons (Fsp3) is 0.944. The van der Waals surface area contributed by atoms with Crippen LogP contribution in [-0.2, 0) is 4.79 Å². The lowest BCUT2D eigenvalue weighted by Crippen LogP contribution is -2.34. The Bertz CT molecular complexity index is 318. The average Bonchev–Trinajstić information content (AvgIpc) is 2.71. The van der Waals surface area contributed by atoms with Crippen molar-refractivity contribution in [2.45, 2.75) is 72.1 Å². The summed E-state index contributed by atoms with van der Waals surface area (Å²) in [4.78, 5) is 14.8. The summed E-state index contributed by atoms with van der Waals surface area (Å²) in [5.41, 5.74) is 0.439. The molecule has 1 aliphatic heterocycles. The fourth-order valence-electron chi connectivity index (χ4n) is 3.94. The van der Waals surface area contributed by atoms with E-state index in [9.17, 15) is 4.79 Å². The minimum absolute atomic E-state index is 0.337. The highest BCUT2D eigenvalue weighted by atomic mass is 16.1. The van der Waals surface area contributed by atoms with Gasteiger partial charge in [-0.05, 0) is 56.5 Å². The minimum Gasteiger partial charge on any atom is -0.303 e. The molecule has 0 spiro atoms. The summed E-state index contributed by atoms with van der Waals surface area (Å²) < 4.78 is 0. The van der Waals surface area contributed by atoms with E-state index in [0.29, 0.717) is 17.1 Å². The molecular weight excluding hydrogens is 246 g/mol. The summed E-state index contributed by atoms with van der Waals surface area (Å²) in [5.74, 6) is 1.72. The Kier molecular flexibility index (Phi) is 5.65. The van der Waals surface area contributed by atoms with E-state index >= 15 is 0 Å². The highest BCUT2D eigenvalue weighted by Gasteiger charge is 2.29. The second-order valence-corrected chi connectivity index (χ2v) is 8.06. The quantitative estimate of drug-likeness (QED) is 0.703. The van der Waals surface area contributed by atoms with Gasteiger partial charge in [-0.1, -0.05) is 33.6 Å². The molecule has 0 bridgehead atoms. The Balaban J connectivity index is 1.85. The molecule has 2 atom stereocenters. The molecule has 2 heteroatoms. The van der Waals surface area contributed by atoms with E-state index in [4.69, 9.17) is 0 Å². The highest BCUT2D eigenvalue weighted by Crippen LogP contribution is 2.34. The lowest BCUT2D eigenvalue weighted by atomic mass is 9.77. The summed E-state index contributed by atoms with van der Waals surface area (Å²) >= 11 is 0. The third kappa shape index (κ3) is 4.58. The Labute approximate surface area is 125 Å². The van der Waals surface area contributed by atoms with Crippen LogP contribution in [-0.4, -0.2) is 30.3 Å². The Hall–Kier alpha value is -0.370. The van der Waals surface area contributed by atoms with Crippen LogP contribution in [0.2, 0.25) is 0 Å². The van der Waals surface area contributed by atoms with Gasteiger partial charge in [0.05, 0.1) is 0 Å². The molecule has 0 N–H and O–H groups in total. The summed E-state index contributed by atoms with van der Waals surface area (Å²) in [6.45, 7) is 10.6. The number of nitrogens with zero attached hydrogens (tertiary/aromatic N) is 1. The predicted octanol–water partition coefficient (Wildman–Crippen LogP) is 4.28. The van der Waals surface area contributed by atoms with Gasteiger partial charge in [0.25, 0.3) is 0 Å². The zero-order valence-corrected chi connectivity index (χ0v) is 13.8. The molecule has 2 rings (SSSR count). The molecule has 1 saturated heterocycles. The van der Waals surface area contributed by atoms with Crippen molar-refractivity contribution in [3.8, 4) is 0 Å². The Morgan fingerprint density at radius 3 is 2.55 bits per heavy atom. The minimum atomic E-state index is 0.337. The van der Waals surface area contributed by atoms with E-state index in [0.717, 1.165) is 31.7 Å². The zero-order chi connectivity index (χ0) is 14.6. The summed E-state index contributed by atoms with van der Waals surface area (Å²) in [6, 6.07) is 0. The lowest BCUT2D eigenvalue weighted by Gasteiger charge is -2.30. The van der Waals surface area contributed by atoms with Crippen LogP contribution in [0.5, 0.6) is 0 Å². The molecule has 2 unspecified atom stereocenters. The first-order chi connectivity index (χ1) is 9.47. The molecule has 2 nitrogen and oxygen atoms in total. The largest absolute Gasteiger partial charge is 0.303 e. The van der Waals surface area contributed by atoms with Crippen LogP contribution in [0.1, 0.15) is 72.1 Å². The molecule has 0 amide bonds. The van der Waals surface area contributed by atoms with Crippen molar-refractivity contribution in [3.05, 3.63) is 0 Å². The van der Waals surface area contributed by atoms with E-state index in [1.807, 2.05) is 0 Å². The topological polar surface area (TPSA) is 20.3 Å². The van der Waals surface area contributed by atoms with Gasteiger partial charge in [0.15, 0.2) is 0 Å². The SMILES string of the molecule is CC(C)(C)C1CCCN(CC2CCCCCC2=O)CC1. The van der Waals surface area contributed by atoms with E-state index in [1.165, 1.54) is 45.2 Å². The van der Waals surface area contributed by atoms with Gasteiger partial charge in [-0.25, -0.2) is 0 Å². The van der Waals surface area contributed by atoms with Crippen molar-refractivity contribution >= 4 is 5.78 Å². The molecule has 2 fully saturated rings. The van der Waals surface area contributed by atoms with Gasteiger partial charge in [0.1, 0.15) is 5.78 Å². The molecule has 2 aliphatic rings. The van der Waals surface area contributed by atoms with Crippen LogP contribution >= 0.6 is 0 Å². The van der Waals surface area contributed by atoms with Crippen LogP contribution in [0.4, 0.5) is 0 Å². The first-order valence-electron chi connectivity index (χ1n) is 8.72. The maximum Gasteiger partial charge on any atom is 0.137 e. The number of hydrogen-bond donors (Lipinski definition) is 0. The van der Waals surface area contributed by atoms with E-state index in [1.54, 1.807) is 0 Å². The Morgan fingerprint density at radius 2 is 1.80 bits per heavy atom. The molecule has 1 aliphatic carbocycles. The number of rotatable bonds is 2. The third-order valence-electron chi connectivity index (χ3n) is 5.46. The van der Waals surface area contributed by atoms with Gasteiger partial charge in [0, 0.05) is 18.9 Å². The molecule has 0 aromatic heterocycles. The predicted molar refractivity (Wildman–Crippen MR) is 84.8 cm³/mol. The van der Waals surface area contributed by atoms with E-state index in [2.05, 4.69) is 25.7 Å². The van der Waals surface area contributed by atoms with Crippen LogP contribution in [0.25, 0.3) is 0 Å². The van der Waals surface area contributed by atoms with Gasteiger partial charge in [-0.15, -0.1) is 0 Å².